The van der Waals surface area contributed by atoms with Crippen molar-refractivity contribution in [2.45, 2.75) is 25.9 Å². The van der Waals surface area contributed by atoms with Crippen molar-refractivity contribution >= 4 is 23.5 Å². The molecular formula is C19H19ClFNO3. The van der Waals surface area contributed by atoms with Crippen LogP contribution in [0.4, 0.5) is 4.39 Å². The fourth-order valence-electron chi connectivity index (χ4n) is 2.19. The van der Waals surface area contributed by atoms with Crippen LogP contribution in [0.2, 0.25) is 5.02 Å². The maximum atomic E-state index is 12.8. The zero-order valence-corrected chi connectivity index (χ0v) is 14.6. The van der Waals surface area contributed by atoms with Crippen LogP contribution in [0.25, 0.3) is 0 Å². The predicted molar refractivity (Wildman–Crippen MR) is 93.8 cm³/mol. The molecule has 2 aromatic rings. The molecule has 1 N–H and O–H groups in total. The number of hydrogen-bond donors (Lipinski definition) is 1. The topological polar surface area (TPSA) is 55.4 Å². The average Bonchev–Trinajstić information content (AvgIpc) is 2.58. The Labute approximate surface area is 150 Å². The lowest BCUT2D eigenvalue weighted by Crippen LogP contribution is -2.37. The largest absolute Gasteiger partial charge is 0.452 e. The minimum atomic E-state index is -0.881. The van der Waals surface area contributed by atoms with E-state index in [-0.39, 0.29) is 18.1 Å². The van der Waals surface area contributed by atoms with Crippen molar-refractivity contribution in [3.63, 3.8) is 0 Å². The van der Waals surface area contributed by atoms with Gasteiger partial charge in [0.2, 0.25) is 0 Å². The lowest BCUT2D eigenvalue weighted by Gasteiger charge is -2.13. The van der Waals surface area contributed by atoms with E-state index in [0.717, 1.165) is 11.1 Å². The van der Waals surface area contributed by atoms with E-state index in [1.807, 2.05) is 0 Å². The van der Waals surface area contributed by atoms with Gasteiger partial charge in [-0.05, 0) is 48.7 Å². The third-order valence-corrected chi connectivity index (χ3v) is 3.82. The first-order valence-electron chi connectivity index (χ1n) is 7.90. The second kappa shape index (κ2) is 9.18. The predicted octanol–water partition coefficient (Wildman–Crippen LogP) is 3.31. The maximum Gasteiger partial charge on any atom is 0.311 e. The molecule has 0 saturated heterocycles. The third kappa shape index (κ3) is 6.55. The lowest BCUT2D eigenvalue weighted by atomic mass is 10.1. The fourth-order valence-corrected chi connectivity index (χ4v) is 2.31. The number of nitrogens with one attached hydrogen (secondary N) is 1. The number of ether oxygens (including phenoxy) is 1. The maximum absolute atomic E-state index is 12.8. The summed E-state index contributed by atoms with van der Waals surface area (Å²) in [6.45, 7) is 1.90. The summed E-state index contributed by atoms with van der Waals surface area (Å²) >= 11 is 5.79. The number of benzene rings is 2. The van der Waals surface area contributed by atoms with Crippen LogP contribution in [-0.2, 0) is 27.2 Å². The molecular weight excluding hydrogens is 345 g/mol. The molecule has 0 fully saturated rings. The Hall–Kier alpha value is -2.40. The van der Waals surface area contributed by atoms with Crippen molar-refractivity contribution in [3.8, 4) is 0 Å². The molecule has 1 unspecified atom stereocenters. The van der Waals surface area contributed by atoms with E-state index in [4.69, 9.17) is 16.3 Å². The molecule has 0 aliphatic heterocycles. The van der Waals surface area contributed by atoms with E-state index in [0.29, 0.717) is 18.0 Å². The Bertz CT molecular complexity index is 716. The van der Waals surface area contributed by atoms with Gasteiger partial charge >= 0.3 is 5.97 Å². The highest BCUT2D eigenvalue weighted by Crippen LogP contribution is 2.10. The van der Waals surface area contributed by atoms with Gasteiger partial charge in [0.25, 0.3) is 5.91 Å². The van der Waals surface area contributed by atoms with Crippen LogP contribution in [0.15, 0.2) is 48.5 Å². The number of rotatable bonds is 7. The first kappa shape index (κ1) is 18.9. The van der Waals surface area contributed by atoms with Crippen LogP contribution in [-0.4, -0.2) is 24.5 Å². The third-order valence-electron chi connectivity index (χ3n) is 3.57. The highest BCUT2D eigenvalue weighted by atomic mass is 35.5. The Kier molecular flexibility index (Phi) is 6.95. The van der Waals surface area contributed by atoms with Gasteiger partial charge < -0.3 is 10.1 Å². The van der Waals surface area contributed by atoms with Gasteiger partial charge in [0.15, 0.2) is 6.10 Å². The Morgan fingerprint density at radius 3 is 2.32 bits per heavy atom. The van der Waals surface area contributed by atoms with E-state index < -0.39 is 12.1 Å². The Balaban J connectivity index is 1.72. The van der Waals surface area contributed by atoms with Crippen LogP contribution in [0, 0.1) is 5.82 Å². The van der Waals surface area contributed by atoms with Crippen molar-refractivity contribution < 1.29 is 18.7 Å². The number of esters is 1. The average molecular weight is 364 g/mol. The van der Waals surface area contributed by atoms with Crippen LogP contribution < -0.4 is 5.32 Å². The number of halogens is 2. The molecule has 6 heteroatoms. The van der Waals surface area contributed by atoms with Gasteiger partial charge in [-0.3, -0.25) is 9.59 Å². The first-order chi connectivity index (χ1) is 11.9. The Morgan fingerprint density at radius 2 is 1.68 bits per heavy atom. The molecule has 2 rings (SSSR count). The highest BCUT2D eigenvalue weighted by Gasteiger charge is 2.17. The SMILES string of the molecule is CC(OC(=O)Cc1ccc(Cl)cc1)C(=O)NCCc1ccc(F)cc1. The molecule has 1 atom stereocenters. The van der Waals surface area contributed by atoms with Gasteiger partial charge in [0, 0.05) is 11.6 Å². The van der Waals surface area contributed by atoms with E-state index in [1.54, 1.807) is 36.4 Å². The summed E-state index contributed by atoms with van der Waals surface area (Å²) in [4.78, 5) is 23.8. The van der Waals surface area contributed by atoms with Gasteiger partial charge in [-0.2, -0.15) is 0 Å². The van der Waals surface area contributed by atoms with Gasteiger partial charge in [-0.15, -0.1) is 0 Å². The number of hydrogen-bond acceptors (Lipinski definition) is 3. The molecule has 25 heavy (non-hydrogen) atoms. The highest BCUT2D eigenvalue weighted by molar-refractivity contribution is 6.30. The van der Waals surface area contributed by atoms with Crippen molar-refractivity contribution in [2.75, 3.05) is 6.54 Å². The monoisotopic (exact) mass is 363 g/mol. The molecule has 2 aromatic carbocycles. The summed E-state index contributed by atoms with van der Waals surface area (Å²) in [5.41, 5.74) is 1.67. The summed E-state index contributed by atoms with van der Waals surface area (Å²) in [6.07, 6.45) is -0.241. The second-order valence-electron chi connectivity index (χ2n) is 5.60. The van der Waals surface area contributed by atoms with Gasteiger partial charge in [-0.25, -0.2) is 4.39 Å². The van der Waals surface area contributed by atoms with Crippen LogP contribution in [0.5, 0.6) is 0 Å². The summed E-state index contributed by atoms with van der Waals surface area (Å²) < 4.78 is 17.9. The van der Waals surface area contributed by atoms with Gasteiger partial charge in [0.1, 0.15) is 5.82 Å². The second-order valence-corrected chi connectivity index (χ2v) is 6.04. The van der Waals surface area contributed by atoms with E-state index in [9.17, 15) is 14.0 Å². The van der Waals surface area contributed by atoms with Crippen molar-refractivity contribution in [1.82, 2.24) is 5.32 Å². The van der Waals surface area contributed by atoms with E-state index in [2.05, 4.69) is 5.32 Å². The molecule has 0 radical (unpaired) electrons. The number of carbonyl (C=O) groups excluding carboxylic acids is 2. The lowest BCUT2D eigenvalue weighted by molar-refractivity contribution is -0.154. The fraction of sp³-hybridized carbons (Fsp3) is 0.263. The van der Waals surface area contributed by atoms with Gasteiger partial charge in [0.05, 0.1) is 6.42 Å². The number of amides is 1. The molecule has 0 aliphatic rings. The van der Waals surface area contributed by atoms with Crippen LogP contribution in [0.1, 0.15) is 18.1 Å². The molecule has 0 heterocycles. The molecule has 0 aromatic heterocycles. The van der Waals surface area contributed by atoms with Gasteiger partial charge in [-0.1, -0.05) is 35.9 Å². The zero-order valence-electron chi connectivity index (χ0n) is 13.8. The van der Waals surface area contributed by atoms with Crippen LogP contribution >= 0.6 is 11.6 Å². The van der Waals surface area contributed by atoms with E-state index >= 15 is 0 Å². The molecule has 4 nitrogen and oxygen atoms in total. The Morgan fingerprint density at radius 1 is 1.08 bits per heavy atom. The van der Waals surface area contributed by atoms with Crippen molar-refractivity contribution in [1.29, 1.82) is 0 Å². The molecule has 1 amide bonds. The van der Waals surface area contributed by atoms with Crippen molar-refractivity contribution in [2.24, 2.45) is 0 Å². The minimum absolute atomic E-state index is 0.0738. The minimum Gasteiger partial charge on any atom is -0.452 e. The van der Waals surface area contributed by atoms with E-state index in [1.165, 1.54) is 19.1 Å². The standard InChI is InChI=1S/C19H19ClFNO3/c1-13(25-18(23)12-15-2-6-16(20)7-3-15)19(24)22-11-10-14-4-8-17(21)9-5-14/h2-9,13H,10-12H2,1H3,(H,22,24). The summed E-state index contributed by atoms with van der Waals surface area (Å²) in [7, 11) is 0. The normalized spacial score (nSPS) is 11.6. The zero-order chi connectivity index (χ0) is 18.2. The molecule has 0 bridgehead atoms. The summed E-state index contributed by atoms with van der Waals surface area (Å²) in [5, 5.41) is 3.28. The number of carbonyl (C=O) groups is 2. The van der Waals surface area contributed by atoms with Crippen LogP contribution in [0.3, 0.4) is 0 Å². The summed E-state index contributed by atoms with van der Waals surface area (Å²) in [5.74, 6) is -1.15. The quantitative estimate of drug-likeness (QED) is 0.768. The molecule has 0 spiro atoms. The molecule has 0 saturated carbocycles. The first-order valence-corrected chi connectivity index (χ1v) is 8.28. The summed E-state index contributed by atoms with van der Waals surface area (Å²) in [6, 6.07) is 12.9. The molecule has 132 valence electrons. The smallest absolute Gasteiger partial charge is 0.311 e. The molecule has 0 aliphatic carbocycles. The van der Waals surface area contributed by atoms with Crippen molar-refractivity contribution in [3.05, 3.63) is 70.5 Å².